The molecule has 1 aliphatic rings. The van der Waals surface area contributed by atoms with Crippen molar-refractivity contribution in [3.05, 3.63) is 60.8 Å². The van der Waals surface area contributed by atoms with Crippen molar-refractivity contribution in [1.29, 1.82) is 0 Å². The van der Waals surface area contributed by atoms with Crippen LogP contribution < -0.4 is 4.90 Å². The monoisotopic (exact) mass is 248 g/mol. The molecule has 3 nitrogen and oxygen atoms in total. The van der Waals surface area contributed by atoms with Crippen LogP contribution in [0.3, 0.4) is 0 Å². The van der Waals surface area contributed by atoms with Gasteiger partial charge in [0.1, 0.15) is 5.69 Å². The number of fused-ring (bicyclic) bond motifs is 3. The highest BCUT2D eigenvalue weighted by Gasteiger charge is 2.30. The van der Waals surface area contributed by atoms with Crippen LogP contribution >= 0.6 is 0 Å². The molecule has 0 spiro atoms. The molecule has 0 saturated heterocycles. The molecular formula is C16H14N3+. The molecule has 2 aromatic carbocycles. The van der Waals surface area contributed by atoms with Crippen LogP contribution in [0.2, 0.25) is 0 Å². The minimum Gasteiger partial charge on any atom is -0.247 e. The maximum absolute atomic E-state index is 4.78. The van der Waals surface area contributed by atoms with E-state index in [1.54, 1.807) is 0 Å². The average molecular weight is 248 g/mol. The zero-order chi connectivity index (χ0) is 12.8. The van der Waals surface area contributed by atoms with Crippen molar-refractivity contribution < 1.29 is 4.90 Å². The van der Waals surface area contributed by atoms with Crippen LogP contribution in [0.15, 0.2) is 60.8 Å². The molecule has 0 bridgehead atoms. The first-order valence-corrected chi connectivity index (χ1v) is 6.43. The molecule has 0 amide bonds. The predicted octanol–water partition coefficient (Wildman–Crippen LogP) is 2.33. The smallest absolute Gasteiger partial charge is 0.247 e. The minimum atomic E-state index is 1.03. The van der Waals surface area contributed by atoms with Crippen molar-refractivity contribution in [2.45, 2.75) is 0 Å². The van der Waals surface area contributed by atoms with Crippen LogP contribution in [0.1, 0.15) is 0 Å². The summed E-state index contributed by atoms with van der Waals surface area (Å²) in [6.45, 7) is 0. The van der Waals surface area contributed by atoms with Crippen molar-refractivity contribution in [2.24, 2.45) is 0 Å². The molecule has 3 heteroatoms. The Kier molecular flexibility index (Phi) is 2.11. The fourth-order valence-corrected chi connectivity index (χ4v) is 2.70. The van der Waals surface area contributed by atoms with E-state index >= 15 is 0 Å². The Hall–Kier alpha value is -2.39. The molecule has 92 valence electrons. The van der Waals surface area contributed by atoms with Gasteiger partial charge in [-0.1, -0.05) is 42.5 Å². The van der Waals surface area contributed by atoms with E-state index in [1.807, 2.05) is 18.2 Å². The summed E-state index contributed by atoms with van der Waals surface area (Å²) < 4.78 is 2.19. The summed E-state index contributed by atoms with van der Waals surface area (Å²) in [7, 11) is 2.14. The van der Waals surface area contributed by atoms with Gasteiger partial charge in [0.05, 0.1) is 12.7 Å². The lowest BCUT2D eigenvalue weighted by atomic mass is 10.2. The molecule has 4 rings (SSSR count). The summed E-state index contributed by atoms with van der Waals surface area (Å²) in [5.41, 5.74) is 4.70. The van der Waals surface area contributed by atoms with E-state index in [2.05, 4.69) is 54.2 Å². The SMILES string of the molecule is C[NH+]1c2ccccc2-n2cc(-c3ccccc3)nc21. The van der Waals surface area contributed by atoms with Crippen molar-refractivity contribution >= 4 is 11.6 Å². The van der Waals surface area contributed by atoms with Gasteiger partial charge in [-0.2, -0.15) is 4.98 Å². The normalized spacial score (nSPS) is 16.2. The van der Waals surface area contributed by atoms with Crippen LogP contribution in [0, 0.1) is 0 Å². The van der Waals surface area contributed by atoms with E-state index in [4.69, 9.17) is 4.98 Å². The zero-order valence-corrected chi connectivity index (χ0v) is 10.7. The number of hydrogen-bond donors (Lipinski definition) is 1. The Balaban J connectivity index is 1.90. The molecule has 0 aliphatic carbocycles. The topological polar surface area (TPSA) is 22.3 Å². The van der Waals surface area contributed by atoms with E-state index in [0.717, 1.165) is 17.2 Å². The largest absolute Gasteiger partial charge is 0.317 e. The first kappa shape index (κ1) is 10.5. The lowest BCUT2D eigenvalue weighted by molar-refractivity contribution is -0.736. The Labute approximate surface area is 111 Å². The fraction of sp³-hybridized carbons (Fsp3) is 0.0625. The summed E-state index contributed by atoms with van der Waals surface area (Å²) >= 11 is 0. The first-order valence-electron chi connectivity index (χ1n) is 6.43. The summed E-state index contributed by atoms with van der Waals surface area (Å²) in [6, 6.07) is 18.8. The highest BCUT2D eigenvalue weighted by Crippen LogP contribution is 2.29. The number of aromatic nitrogens is 2. The third-order valence-corrected chi connectivity index (χ3v) is 3.68. The number of hydrogen-bond acceptors (Lipinski definition) is 1. The van der Waals surface area contributed by atoms with Crippen LogP contribution in [-0.4, -0.2) is 16.6 Å². The maximum atomic E-state index is 4.78. The molecule has 3 aromatic rings. The number of rotatable bonds is 1. The number of imidazole rings is 1. The predicted molar refractivity (Wildman–Crippen MR) is 75.2 cm³/mol. The van der Waals surface area contributed by atoms with Gasteiger partial charge in [0.25, 0.3) is 0 Å². The average Bonchev–Trinajstić information content (AvgIpc) is 3.01. The highest BCUT2D eigenvalue weighted by molar-refractivity contribution is 5.65. The van der Waals surface area contributed by atoms with Gasteiger partial charge < -0.3 is 0 Å². The quantitative estimate of drug-likeness (QED) is 0.701. The van der Waals surface area contributed by atoms with E-state index < -0.39 is 0 Å². The number of nitrogens with zero attached hydrogens (tertiary/aromatic N) is 2. The van der Waals surface area contributed by atoms with Crippen LogP contribution in [-0.2, 0) is 0 Å². The van der Waals surface area contributed by atoms with Gasteiger partial charge >= 0.3 is 5.95 Å². The van der Waals surface area contributed by atoms with E-state index in [1.165, 1.54) is 16.3 Å². The van der Waals surface area contributed by atoms with Crippen molar-refractivity contribution in [1.82, 2.24) is 9.55 Å². The summed E-state index contributed by atoms with van der Waals surface area (Å²) in [5.74, 6) is 1.06. The molecule has 19 heavy (non-hydrogen) atoms. The minimum absolute atomic E-state index is 1.03. The first-order chi connectivity index (χ1) is 9.34. The lowest BCUT2D eigenvalue weighted by Crippen LogP contribution is -2.98. The summed E-state index contributed by atoms with van der Waals surface area (Å²) in [5, 5.41) is 0. The van der Waals surface area contributed by atoms with Gasteiger partial charge in [0, 0.05) is 17.8 Å². The Morgan fingerprint density at radius 3 is 2.53 bits per heavy atom. The molecule has 1 atom stereocenters. The van der Waals surface area contributed by atoms with Gasteiger partial charge in [-0.3, -0.25) is 0 Å². The summed E-state index contributed by atoms with van der Waals surface area (Å²) in [4.78, 5) is 6.03. The van der Waals surface area contributed by atoms with Crippen molar-refractivity contribution in [3.8, 4) is 16.9 Å². The second-order valence-electron chi connectivity index (χ2n) is 4.83. The Bertz CT molecular complexity index is 744. The van der Waals surface area contributed by atoms with Gasteiger partial charge in [0.2, 0.25) is 0 Å². The number of quaternary nitrogens is 1. The van der Waals surface area contributed by atoms with Crippen LogP contribution in [0.5, 0.6) is 0 Å². The van der Waals surface area contributed by atoms with Crippen LogP contribution in [0.4, 0.5) is 11.6 Å². The number of para-hydroxylation sites is 2. The Morgan fingerprint density at radius 2 is 1.68 bits per heavy atom. The van der Waals surface area contributed by atoms with Gasteiger partial charge in [0.15, 0.2) is 5.69 Å². The standard InChI is InChI=1S/C16H13N3/c1-18-14-9-5-6-10-15(14)19-11-13(17-16(18)19)12-7-3-2-4-8-12/h2-11H,1H3/p+1. The second-order valence-corrected chi connectivity index (χ2v) is 4.83. The highest BCUT2D eigenvalue weighted by atomic mass is 15.3. The van der Waals surface area contributed by atoms with E-state index in [0.29, 0.717) is 0 Å². The fourth-order valence-electron chi connectivity index (χ4n) is 2.70. The molecule has 0 radical (unpaired) electrons. The summed E-state index contributed by atoms with van der Waals surface area (Å²) in [6.07, 6.45) is 2.12. The van der Waals surface area contributed by atoms with Crippen molar-refractivity contribution in [3.63, 3.8) is 0 Å². The van der Waals surface area contributed by atoms with Crippen LogP contribution in [0.25, 0.3) is 16.9 Å². The zero-order valence-electron chi connectivity index (χ0n) is 10.7. The molecule has 2 heterocycles. The lowest BCUT2D eigenvalue weighted by Gasteiger charge is -2.03. The van der Waals surface area contributed by atoms with Gasteiger partial charge in [-0.05, 0) is 6.07 Å². The van der Waals surface area contributed by atoms with Crippen molar-refractivity contribution in [2.75, 3.05) is 7.05 Å². The molecule has 0 fully saturated rings. The van der Waals surface area contributed by atoms with E-state index in [9.17, 15) is 0 Å². The molecule has 1 unspecified atom stereocenters. The third-order valence-electron chi connectivity index (χ3n) is 3.68. The van der Waals surface area contributed by atoms with Gasteiger partial charge in [-0.25, -0.2) is 9.47 Å². The second kappa shape index (κ2) is 3.80. The molecule has 1 aliphatic heterocycles. The molecular weight excluding hydrogens is 234 g/mol. The van der Waals surface area contributed by atoms with Gasteiger partial charge in [-0.15, -0.1) is 0 Å². The Morgan fingerprint density at radius 1 is 0.947 bits per heavy atom. The van der Waals surface area contributed by atoms with E-state index in [-0.39, 0.29) is 0 Å². The maximum Gasteiger partial charge on any atom is 0.317 e. The molecule has 1 aromatic heterocycles. The third kappa shape index (κ3) is 1.45. The molecule has 0 saturated carbocycles. The molecule has 1 N–H and O–H groups in total. The number of benzene rings is 2. The number of nitrogens with one attached hydrogen (secondary N) is 1.